The van der Waals surface area contributed by atoms with Gasteiger partial charge in [0.05, 0.1) is 54.6 Å². The Morgan fingerprint density at radius 2 is 1.31 bits per heavy atom. The molecule has 6 aromatic carbocycles. The molecule has 1 amide bonds. The largest absolute Gasteiger partial charge is 0.506 e. The Bertz CT molecular complexity index is 2560. The fourth-order valence-corrected chi connectivity index (χ4v) is 6.16. The van der Waals surface area contributed by atoms with E-state index in [9.17, 15) is 15.0 Å². The third-order valence-corrected chi connectivity index (χ3v) is 9.42. The number of nitrogens with two attached hydrogens (primary N) is 1. The highest BCUT2D eigenvalue weighted by Crippen LogP contribution is 2.46. The molecule has 0 aliphatic rings. The zero-order valence-electron chi connectivity index (χ0n) is 31.0. The number of benzene rings is 6. The summed E-state index contributed by atoms with van der Waals surface area (Å²) in [6.45, 7) is 1.81. The van der Waals surface area contributed by atoms with E-state index in [1.165, 1.54) is 26.4 Å². The van der Waals surface area contributed by atoms with E-state index >= 15 is 0 Å². The number of methoxy groups -OCH3 is 2. The first-order valence-electron chi connectivity index (χ1n) is 16.8. The number of phenolic OH excluding ortho intramolecular Hbond substituents is 2. The molecule has 0 heterocycles. The summed E-state index contributed by atoms with van der Waals surface area (Å²) in [6.07, 6.45) is 0. The Labute approximate surface area is 342 Å². The van der Waals surface area contributed by atoms with Crippen LogP contribution in [0.2, 0.25) is 0 Å². The van der Waals surface area contributed by atoms with Crippen molar-refractivity contribution in [2.24, 2.45) is 30.7 Å². The monoisotopic (exact) mass is 840 g/mol. The highest BCUT2D eigenvalue weighted by molar-refractivity contribution is 7.94. The van der Waals surface area contributed by atoms with Gasteiger partial charge >= 0.3 is 0 Å². The molecule has 0 aliphatic heterocycles. The number of phenols is 2. The van der Waals surface area contributed by atoms with Gasteiger partial charge in [-0.05, 0) is 96.7 Å². The van der Waals surface area contributed by atoms with Crippen molar-refractivity contribution in [3.05, 3.63) is 108 Å². The third kappa shape index (κ3) is 10.4. The van der Waals surface area contributed by atoms with Gasteiger partial charge in [0.15, 0.2) is 5.75 Å². The lowest BCUT2D eigenvalue weighted by Crippen LogP contribution is -2.11. The van der Waals surface area contributed by atoms with Crippen LogP contribution in [-0.2, 0) is 18.7 Å². The number of carbonyl (C=O) groups is 1. The minimum atomic E-state index is -0.375. The normalized spacial score (nSPS) is 11.6. The van der Waals surface area contributed by atoms with Gasteiger partial charge in [-0.1, -0.05) is 10.1 Å². The molecule has 0 fully saturated rings. The van der Waals surface area contributed by atoms with E-state index in [2.05, 4.69) is 54.7 Å². The molecule has 0 saturated heterocycles. The molecular weight excluding hydrogens is 809 g/mol. The Morgan fingerprint density at radius 3 is 1.98 bits per heavy atom. The second-order valence-electron chi connectivity index (χ2n) is 12.0. The summed E-state index contributed by atoms with van der Waals surface area (Å²) >= 11 is 1.34. The minimum Gasteiger partial charge on any atom is -0.506 e. The van der Waals surface area contributed by atoms with Crippen molar-refractivity contribution < 1.29 is 53.7 Å². The zero-order chi connectivity index (χ0) is 41.9. The Hall–Kier alpha value is -6.69. The van der Waals surface area contributed by atoms with Gasteiger partial charge in [0, 0.05) is 45.4 Å². The van der Waals surface area contributed by atoms with E-state index in [1.807, 2.05) is 6.92 Å². The summed E-state index contributed by atoms with van der Waals surface area (Å²) in [5.74, 6) is -0.540. The summed E-state index contributed by atoms with van der Waals surface area (Å²) in [5, 5.41) is 75.9. The van der Waals surface area contributed by atoms with Crippen LogP contribution in [0.15, 0.2) is 138 Å². The van der Waals surface area contributed by atoms with E-state index in [1.54, 1.807) is 84.9 Å². The fourth-order valence-electron chi connectivity index (χ4n) is 5.31. The van der Waals surface area contributed by atoms with Crippen LogP contribution in [0, 0.1) is 6.92 Å². The predicted octanol–water partition coefficient (Wildman–Crippen LogP) is 11.5. The molecule has 0 aromatic heterocycles. The van der Waals surface area contributed by atoms with Crippen molar-refractivity contribution >= 4 is 86.3 Å². The standard InChI is InChI=1S/C38H32N8O11S2/c1-20-14-30(33(52-2)18-28(20)42-41-24-8-11-26(12-9-24)58-56-54-50)44-45-31-17-32(47)29(19-34(31)53-3)43-46-36-35(59-57-55-51)16-22-15-25(10-13-27(22)37(36)48)40-38(49)21-4-6-23(39)7-5-21/h4-19,47-48,50-51H,39H2,1-3H3,(H,40,49). The molecule has 0 atom stereocenters. The van der Waals surface area contributed by atoms with Crippen molar-refractivity contribution in [2.45, 2.75) is 16.7 Å². The fraction of sp³-hybridized carbons (Fsp3) is 0.0789. The van der Waals surface area contributed by atoms with Crippen molar-refractivity contribution in [1.29, 1.82) is 0 Å². The Balaban J connectivity index is 1.23. The van der Waals surface area contributed by atoms with Crippen LogP contribution in [0.25, 0.3) is 10.8 Å². The Morgan fingerprint density at radius 1 is 0.678 bits per heavy atom. The summed E-state index contributed by atoms with van der Waals surface area (Å²) < 4.78 is 20.1. The number of ether oxygens (including phenoxy) is 2. The first-order valence-corrected chi connectivity index (χ1v) is 18.3. The van der Waals surface area contributed by atoms with E-state index < -0.39 is 0 Å². The van der Waals surface area contributed by atoms with Gasteiger partial charge in [-0.2, -0.15) is 10.2 Å². The van der Waals surface area contributed by atoms with Gasteiger partial charge in [0.2, 0.25) is 0 Å². The molecule has 0 radical (unpaired) electrons. The van der Waals surface area contributed by atoms with E-state index in [0.29, 0.717) is 73.0 Å². The molecule has 0 saturated carbocycles. The zero-order valence-corrected chi connectivity index (χ0v) is 32.6. The quantitative estimate of drug-likeness (QED) is 0.0174. The van der Waals surface area contributed by atoms with Crippen LogP contribution < -0.4 is 20.5 Å². The van der Waals surface area contributed by atoms with Crippen LogP contribution in [0.1, 0.15) is 15.9 Å². The SMILES string of the molecule is COc1cc(N=Nc2ccc(SOOO)cc2)c(C)cc1N=Nc1cc(O)c(N=Nc2c(SOOO)cc3cc(NC(=O)c4ccc(N)cc4)ccc3c2O)cc1OC. The van der Waals surface area contributed by atoms with Crippen molar-refractivity contribution in [2.75, 3.05) is 25.3 Å². The molecule has 21 heteroatoms. The van der Waals surface area contributed by atoms with Crippen molar-refractivity contribution in [3.8, 4) is 23.0 Å². The van der Waals surface area contributed by atoms with Crippen LogP contribution in [-0.4, -0.2) is 40.9 Å². The number of anilines is 2. The average Bonchev–Trinajstić information content (AvgIpc) is 3.24. The number of aryl methyl sites for hydroxylation is 1. The third-order valence-electron chi connectivity index (χ3n) is 8.20. The summed E-state index contributed by atoms with van der Waals surface area (Å²) in [4.78, 5) is 13.6. The molecule has 59 heavy (non-hydrogen) atoms. The van der Waals surface area contributed by atoms with Gasteiger partial charge in [-0.15, -0.1) is 29.1 Å². The number of azo groups is 3. The second kappa shape index (κ2) is 19.6. The maximum Gasteiger partial charge on any atom is 0.255 e. The number of rotatable bonds is 16. The van der Waals surface area contributed by atoms with Crippen molar-refractivity contribution in [3.63, 3.8) is 0 Å². The first-order chi connectivity index (χ1) is 28.6. The van der Waals surface area contributed by atoms with Gasteiger partial charge in [0.25, 0.3) is 5.91 Å². The van der Waals surface area contributed by atoms with Crippen LogP contribution in [0.4, 0.5) is 45.5 Å². The molecule has 0 spiro atoms. The van der Waals surface area contributed by atoms with Crippen molar-refractivity contribution in [1.82, 2.24) is 0 Å². The number of amides is 1. The number of fused-ring (bicyclic) bond motifs is 1. The van der Waals surface area contributed by atoms with Crippen LogP contribution in [0.5, 0.6) is 23.0 Å². The maximum absolute atomic E-state index is 12.8. The molecule has 6 aromatic rings. The molecule has 6 rings (SSSR count). The molecule has 19 nitrogen and oxygen atoms in total. The predicted molar refractivity (Wildman–Crippen MR) is 217 cm³/mol. The average molecular weight is 841 g/mol. The van der Waals surface area contributed by atoms with Gasteiger partial charge in [0.1, 0.15) is 40.0 Å². The number of hydrogen-bond donors (Lipinski definition) is 6. The lowest BCUT2D eigenvalue weighted by Gasteiger charge is -2.11. The van der Waals surface area contributed by atoms with Gasteiger partial charge in [-0.3, -0.25) is 4.79 Å². The van der Waals surface area contributed by atoms with E-state index in [4.69, 9.17) is 25.7 Å². The molecule has 302 valence electrons. The summed E-state index contributed by atoms with van der Waals surface area (Å²) in [6, 6.07) is 25.6. The maximum atomic E-state index is 12.8. The smallest absolute Gasteiger partial charge is 0.255 e. The van der Waals surface area contributed by atoms with E-state index in [-0.39, 0.29) is 45.1 Å². The summed E-state index contributed by atoms with van der Waals surface area (Å²) in [5.41, 5.74) is 9.18. The molecule has 0 aliphatic carbocycles. The molecule has 0 bridgehead atoms. The van der Waals surface area contributed by atoms with Gasteiger partial charge in [-0.25, -0.2) is 10.5 Å². The number of aromatic hydroxyl groups is 2. The summed E-state index contributed by atoms with van der Waals surface area (Å²) in [7, 11) is 2.86. The Kier molecular flexibility index (Phi) is 14.0. The molecule has 0 unspecified atom stereocenters. The second-order valence-corrected chi connectivity index (χ2v) is 13.5. The lowest BCUT2D eigenvalue weighted by atomic mass is 10.1. The highest BCUT2D eigenvalue weighted by atomic mass is 32.2. The minimum absolute atomic E-state index is 0.0552. The van der Waals surface area contributed by atoms with Crippen LogP contribution >= 0.6 is 24.1 Å². The molecular formula is C38H32N8O11S2. The van der Waals surface area contributed by atoms with E-state index in [0.717, 1.165) is 12.0 Å². The highest BCUT2D eigenvalue weighted by Gasteiger charge is 2.18. The number of nitrogens with one attached hydrogen (secondary N) is 1. The number of carbonyl (C=O) groups excluding carboxylic acids is 1. The number of nitrogen functional groups attached to an aromatic ring is 1. The van der Waals surface area contributed by atoms with Gasteiger partial charge < -0.3 is 30.7 Å². The number of hydrogen-bond acceptors (Lipinski definition) is 20. The topological polar surface area (TPSA) is 266 Å². The first kappa shape index (κ1) is 41.9. The van der Waals surface area contributed by atoms with Crippen LogP contribution in [0.3, 0.4) is 0 Å². The lowest BCUT2D eigenvalue weighted by molar-refractivity contribution is -0.432. The molecule has 7 N–H and O–H groups in total. The number of nitrogens with zero attached hydrogens (tertiary/aromatic N) is 6.